The van der Waals surface area contributed by atoms with Gasteiger partial charge in [0.25, 0.3) is 0 Å². The predicted molar refractivity (Wildman–Crippen MR) is 61.5 cm³/mol. The molecule has 0 unspecified atom stereocenters. The summed E-state index contributed by atoms with van der Waals surface area (Å²) in [7, 11) is 0. The number of nitrogens with zero attached hydrogens (tertiary/aromatic N) is 2. The first-order valence-corrected chi connectivity index (χ1v) is 4.75. The summed E-state index contributed by atoms with van der Waals surface area (Å²) in [5, 5.41) is 1.90. The number of hydrogen-bond donors (Lipinski definition) is 1. The minimum absolute atomic E-state index is 0.703. The van der Waals surface area contributed by atoms with Crippen LogP contribution in [0.1, 0.15) is 0 Å². The van der Waals surface area contributed by atoms with Crippen LogP contribution in [-0.2, 0) is 0 Å². The number of nitrogen functional groups attached to an aromatic ring is 1. The molecule has 0 radical (unpaired) electrons. The molecular formula is C12H9N3. The highest BCUT2D eigenvalue weighted by Crippen LogP contribution is 2.26. The molecule has 0 fully saturated rings. The molecule has 3 rings (SSSR count). The van der Waals surface area contributed by atoms with Gasteiger partial charge in [-0.25, -0.2) is 9.97 Å². The Balaban J connectivity index is 2.60. The molecule has 0 bridgehead atoms. The maximum absolute atomic E-state index is 6.07. The van der Waals surface area contributed by atoms with Crippen LogP contribution in [0.2, 0.25) is 0 Å². The molecular weight excluding hydrogens is 186 g/mol. The van der Waals surface area contributed by atoms with E-state index in [1.807, 2.05) is 36.4 Å². The molecule has 0 saturated heterocycles. The van der Waals surface area contributed by atoms with Crippen LogP contribution in [0.15, 0.2) is 42.6 Å². The number of hydrogen-bond acceptors (Lipinski definition) is 3. The normalized spacial score (nSPS) is 10.9. The van der Waals surface area contributed by atoms with Crippen LogP contribution < -0.4 is 5.73 Å². The second-order valence-corrected chi connectivity index (χ2v) is 3.42. The Labute approximate surface area is 86.6 Å². The molecule has 72 valence electrons. The molecule has 0 atom stereocenters. The summed E-state index contributed by atoms with van der Waals surface area (Å²) in [6.07, 6.45) is 1.73. The maximum atomic E-state index is 6.07. The Morgan fingerprint density at radius 1 is 0.933 bits per heavy atom. The number of benzene rings is 1. The fourth-order valence-corrected chi connectivity index (χ4v) is 1.75. The summed E-state index contributed by atoms with van der Waals surface area (Å²) in [6, 6.07) is 11.6. The van der Waals surface area contributed by atoms with Gasteiger partial charge in [0, 0.05) is 17.0 Å². The number of nitrogens with two attached hydrogens (primary N) is 1. The third-order valence-corrected chi connectivity index (χ3v) is 2.50. The zero-order chi connectivity index (χ0) is 10.3. The van der Waals surface area contributed by atoms with Gasteiger partial charge in [0.15, 0.2) is 5.65 Å². The van der Waals surface area contributed by atoms with E-state index in [1.165, 1.54) is 0 Å². The van der Waals surface area contributed by atoms with Crippen molar-refractivity contribution in [1.82, 2.24) is 9.97 Å². The second kappa shape index (κ2) is 2.92. The van der Waals surface area contributed by atoms with E-state index in [4.69, 9.17) is 5.73 Å². The molecule has 2 N–H and O–H groups in total. The molecule has 2 aromatic heterocycles. The number of para-hydroxylation sites is 1. The van der Waals surface area contributed by atoms with Crippen molar-refractivity contribution >= 4 is 27.6 Å². The summed E-state index contributed by atoms with van der Waals surface area (Å²) in [4.78, 5) is 8.65. The highest BCUT2D eigenvalue weighted by molar-refractivity contribution is 6.04. The summed E-state index contributed by atoms with van der Waals surface area (Å²) in [5.74, 6) is 0. The predicted octanol–water partition coefficient (Wildman–Crippen LogP) is 2.37. The van der Waals surface area contributed by atoms with Gasteiger partial charge in [-0.15, -0.1) is 0 Å². The Morgan fingerprint density at radius 3 is 2.67 bits per heavy atom. The SMILES string of the molecule is Nc1c2ccccc2nc2ncccc12. The fourth-order valence-electron chi connectivity index (χ4n) is 1.75. The molecule has 1 aromatic carbocycles. The molecule has 2 heterocycles. The molecule has 0 aliphatic heterocycles. The topological polar surface area (TPSA) is 51.8 Å². The van der Waals surface area contributed by atoms with E-state index in [1.54, 1.807) is 6.20 Å². The molecule has 0 aliphatic carbocycles. The molecule has 3 nitrogen and oxygen atoms in total. The van der Waals surface area contributed by atoms with Gasteiger partial charge in [-0.1, -0.05) is 18.2 Å². The molecule has 0 amide bonds. The van der Waals surface area contributed by atoms with E-state index in [0.717, 1.165) is 22.0 Å². The van der Waals surface area contributed by atoms with Crippen molar-refractivity contribution < 1.29 is 0 Å². The third-order valence-electron chi connectivity index (χ3n) is 2.50. The minimum atomic E-state index is 0.703. The van der Waals surface area contributed by atoms with Crippen molar-refractivity contribution in [2.24, 2.45) is 0 Å². The van der Waals surface area contributed by atoms with Gasteiger partial charge < -0.3 is 5.73 Å². The van der Waals surface area contributed by atoms with Crippen molar-refractivity contribution in [3.05, 3.63) is 42.6 Å². The van der Waals surface area contributed by atoms with Gasteiger partial charge in [0.05, 0.1) is 11.2 Å². The number of fused-ring (bicyclic) bond motifs is 2. The standard InChI is InChI=1S/C12H9N3/c13-11-8-4-1-2-6-10(8)15-12-9(11)5-3-7-14-12/h1-7H,(H2,13,14,15). The van der Waals surface area contributed by atoms with Gasteiger partial charge in [-0.05, 0) is 18.2 Å². The number of aromatic nitrogens is 2. The lowest BCUT2D eigenvalue weighted by Crippen LogP contribution is -1.93. The van der Waals surface area contributed by atoms with E-state index >= 15 is 0 Å². The van der Waals surface area contributed by atoms with E-state index in [9.17, 15) is 0 Å². The Bertz CT molecular complexity index is 592. The van der Waals surface area contributed by atoms with E-state index in [0.29, 0.717) is 5.65 Å². The van der Waals surface area contributed by atoms with Crippen LogP contribution in [-0.4, -0.2) is 9.97 Å². The monoisotopic (exact) mass is 195 g/mol. The maximum Gasteiger partial charge on any atom is 0.161 e. The Morgan fingerprint density at radius 2 is 1.73 bits per heavy atom. The van der Waals surface area contributed by atoms with Gasteiger partial charge in [-0.2, -0.15) is 0 Å². The van der Waals surface area contributed by atoms with Crippen LogP contribution in [0.4, 0.5) is 5.69 Å². The Kier molecular flexibility index (Phi) is 1.59. The van der Waals surface area contributed by atoms with Crippen molar-refractivity contribution in [3.63, 3.8) is 0 Å². The van der Waals surface area contributed by atoms with Crippen LogP contribution in [0.25, 0.3) is 21.9 Å². The quantitative estimate of drug-likeness (QED) is 0.560. The number of pyridine rings is 2. The average Bonchev–Trinajstić information content (AvgIpc) is 2.30. The summed E-state index contributed by atoms with van der Waals surface area (Å²) in [5.41, 5.74) is 8.42. The lowest BCUT2D eigenvalue weighted by molar-refractivity contribution is 1.33. The molecule has 0 aliphatic rings. The van der Waals surface area contributed by atoms with Gasteiger partial charge in [0.1, 0.15) is 0 Å². The number of anilines is 1. The number of rotatable bonds is 0. The lowest BCUT2D eigenvalue weighted by Gasteiger charge is -2.04. The Hall–Kier alpha value is -2.16. The van der Waals surface area contributed by atoms with Crippen LogP contribution >= 0.6 is 0 Å². The zero-order valence-corrected chi connectivity index (χ0v) is 8.01. The van der Waals surface area contributed by atoms with Crippen molar-refractivity contribution in [1.29, 1.82) is 0 Å². The fraction of sp³-hybridized carbons (Fsp3) is 0. The minimum Gasteiger partial charge on any atom is -0.398 e. The summed E-state index contributed by atoms with van der Waals surface area (Å²) < 4.78 is 0. The van der Waals surface area contributed by atoms with Crippen molar-refractivity contribution in [3.8, 4) is 0 Å². The zero-order valence-electron chi connectivity index (χ0n) is 8.01. The van der Waals surface area contributed by atoms with Gasteiger partial charge in [0.2, 0.25) is 0 Å². The highest BCUT2D eigenvalue weighted by atomic mass is 14.8. The van der Waals surface area contributed by atoms with Crippen LogP contribution in [0, 0.1) is 0 Å². The summed E-state index contributed by atoms with van der Waals surface area (Å²) >= 11 is 0. The van der Waals surface area contributed by atoms with E-state index in [-0.39, 0.29) is 0 Å². The molecule has 3 aromatic rings. The third kappa shape index (κ3) is 1.13. The van der Waals surface area contributed by atoms with Crippen LogP contribution in [0.3, 0.4) is 0 Å². The molecule has 3 heteroatoms. The molecule has 0 saturated carbocycles. The largest absolute Gasteiger partial charge is 0.398 e. The van der Waals surface area contributed by atoms with Crippen LogP contribution in [0.5, 0.6) is 0 Å². The second-order valence-electron chi connectivity index (χ2n) is 3.42. The van der Waals surface area contributed by atoms with Crippen molar-refractivity contribution in [2.45, 2.75) is 0 Å². The van der Waals surface area contributed by atoms with Crippen molar-refractivity contribution in [2.75, 3.05) is 5.73 Å². The molecule has 15 heavy (non-hydrogen) atoms. The lowest BCUT2D eigenvalue weighted by atomic mass is 10.1. The smallest absolute Gasteiger partial charge is 0.161 e. The average molecular weight is 195 g/mol. The van der Waals surface area contributed by atoms with Gasteiger partial charge in [-0.3, -0.25) is 0 Å². The van der Waals surface area contributed by atoms with E-state index < -0.39 is 0 Å². The summed E-state index contributed by atoms with van der Waals surface area (Å²) in [6.45, 7) is 0. The first kappa shape index (κ1) is 8.17. The first-order valence-electron chi connectivity index (χ1n) is 4.75. The molecule has 0 spiro atoms. The van der Waals surface area contributed by atoms with Gasteiger partial charge >= 0.3 is 0 Å². The van der Waals surface area contributed by atoms with E-state index in [2.05, 4.69) is 9.97 Å². The first-order chi connectivity index (χ1) is 7.36. The highest BCUT2D eigenvalue weighted by Gasteiger charge is 2.04.